The van der Waals surface area contributed by atoms with Crippen molar-refractivity contribution in [3.8, 4) is 0 Å². The summed E-state index contributed by atoms with van der Waals surface area (Å²) >= 11 is 7.46. The Hall–Kier alpha value is -2.39. The van der Waals surface area contributed by atoms with E-state index >= 15 is 0 Å². The molecule has 0 aliphatic carbocycles. The topological polar surface area (TPSA) is 103 Å². The second-order valence-corrected chi connectivity index (χ2v) is 8.34. The van der Waals surface area contributed by atoms with Crippen molar-refractivity contribution in [3.63, 3.8) is 0 Å². The maximum Gasteiger partial charge on any atom is 0.262 e. The molecule has 2 aromatic heterocycles. The van der Waals surface area contributed by atoms with Gasteiger partial charge in [0.1, 0.15) is 5.82 Å². The Morgan fingerprint density at radius 1 is 1.21 bits per heavy atom. The number of anilines is 2. The van der Waals surface area contributed by atoms with E-state index in [1.54, 1.807) is 27.7 Å². The number of nitrogens with zero attached hydrogens (tertiary/aromatic N) is 6. The van der Waals surface area contributed by atoms with E-state index < -0.39 is 0 Å². The van der Waals surface area contributed by atoms with Crippen LogP contribution >= 0.6 is 23.4 Å². The average molecular weight is 420 g/mol. The van der Waals surface area contributed by atoms with Crippen molar-refractivity contribution in [2.24, 2.45) is 5.92 Å². The molecule has 8 nitrogen and oxygen atoms in total. The van der Waals surface area contributed by atoms with Crippen LogP contribution in [0.5, 0.6) is 0 Å². The molecule has 0 fully saturated rings. The molecule has 28 heavy (non-hydrogen) atoms. The molecule has 1 aromatic carbocycles. The van der Waals surface area contributed by atoms with Gasteiger partial charge in [-0.3, -0.25) is 9.36 Å². The van der Waals surface area contributed by atoms with Crippen molar-refractivity contribution >= 4 is 46.2 Å². The van der Waals surface area contributed by atoms with Crippen LogP contribution in [-0.4, -0.2) is 38.6 Å². The maximum absolute atomic E-state index is 13.0. The standard InChI is InChI=1S/C18H22ClN7OS/c1-10(2)8-26-15(27)12-7-11(19)5-6-13(12)21-18(26)28-9-14-22-16(20)24-17(23-14)25(3)4/h5-7,10H,8-9H2,1-4H3,(H2,20,22,23,24). The van der Waals surface area contributed by atoms with Crippen molar-refractivity contribution in [1.82, 2.24) is 24.5 Å². The number of thioether (sulfide) groups is 1. The number of hydrogen-bond donors (Lipinski definition) is 1. The van der Waals surface area contributed by atoms with Gasteiger partial charge in [-0.1, -0.05) is 37.2 Å². The molecule has 0 amide bonds. The second-order valence-electron chi connectivity index (χ2n) is 6.96. The smallest absolute Gasteiger partial charge is 0.262 e. The molecule has 2 heterocycles. The number of rotatable bonds is 6. The lowest BCUT2D eigenvalue weighted by atomic mass is 10.2. The van der Waals surface area contributed by atoms with Crippen LogP contribution in [0.1, 0.15) is 19.7 Å². The van der Waals surface area contributed by atoms with Gasteiger partial charge in [0.2, 0.25) is 11.9 Å². The first kappa shape index (κ1) is 20.3. The van der Waals surface area contributed by atoms with Crippen LogP contribution in [0.4, 0.5) is 11.9 Å². The largest absolute Gasteiger partial charge is 0.368 e. The zero-order chi connectivity index (χ0) is 20.4. The van der Waals surface area contributed by atoms with Crippen molar-refractivity contribution in [2.45, 2.75) is 31.3 Å². The van der Waals surface area contributed by atoms with Gasteiger partial charge < -0.3 is 10.6 Å². The third-order valence-electron chi connectivity index (χ3n) is 3.85. The van der Waals surface area contributed by atoms with Crippen LogP contribution in [-0.2, 0) is 12.3 Å². The van der Waals surface area contributed by atoms with E-state index in [-0.39, 0.29) is 17.4 Å². The van der Waals surface area contributed by atoms with Crippen LogP contribution in [0.25, 0.3) is 10.9 Å². The lowest BCUT2D eigenvalue weighted by molar-refractivity contribution is 0.475. The molecule has 0 radical (unpaired) electrons. The highest BCUT2D eigenvalue weighted by atomic mass is 35.5. The molecule has 0 bridgehead atoms. The summed E-state index contributed by atoms with van der Waals surface area (Å²) in [6.45, 7) is 4.66. The molecular formula is C18H22ClN7OS. The zero-order valence-corrected chi connectivity index (χ0v) is 17.8. The van der Waals surface area contributed by atoms with Crippen molar-refractivity contribution < 1.29 is 0 Å². The van der Waals surface area contributed by atoms with Crippen LogP contribution in [0.3, 0.4) is 0 Å². The lowest BCUT2D eigenvalue weighted by Crippen LogP contribution is -2.25. The normalized spacial score (nSPS) is 11.4. The Balaban J connectivity index is 2.00. The highest BCUT2D eigenvalue weighted by Crippen LogP contribution is 2.23. The zero-order valence-electron chi connectivity index (χ0n) is 16.2. The third-order valence-corrected chi connectivity index (χ3v) is 5.05. The van der Waals surface area contributed by atoms with Gasteiger partial charge in [-0.25, -0.2) is 4.98 Å². The first-order chi connectivity index (χ1) is 13.2. The molecular weight excluding hydrogens is 398 g/mol. The Kier molecular flexibility index (Phi) is 6.04. The van der Waals surface area contributed by atoms with Gasteiger partial charge in [0, 0.05) is 25.7 Å². The monoisotopic (exact) mass is 419 g/mol. The number of halogens is 1. The summed E-state index contributed by atoms with van der Waals surface area (Å²) < 4.78 is 1.69. The predicted octanol–water partition coefficient (Wildman–Crippen LogP) is 2.83. The fourth-order valence-electron chi connectivity index (χ4n) is 2.63. The molecule has 0 saturated heterocycles. The summed E-state index contributed by atoms with van der Waals surface area (Å²) in [7, 11) is 3.67. The molecule has 10 heteroatoms. The third kappa shape index (κ3) is 4.53. The summed E-state index contributed by atoms with van der Waals surface area (Å²) in [5, 5.41) is 1.63. The van der Waals surface area contributed by atoms with Crippen molar-refractivity contribution in [2.75, 3.05) is 24.7 Å². The van der Waals surface area contributed by atoms with Gasteiger partial charge in [-0.2, -0.15) is 15.0 Å². The molecule has 3 rings (SSSR count). The molecule has 0 saturated carbocycles. The van der Waals surface area contributed by atoms with E-state index in [2.05, 4.69) is 33.8 Å². The highest BCUT2D eigenvalue weighted by Gasteiger charge is 2.15. The lowest BCUT2D eigenvalue weighted by Gasteiger charge is -2.15. The molecule has 3 aromatic rings. The van der Waals surface area contributed by atoms with Gasteiger partial charge >= 0.3 is 0 Å². The molecule has 0 spiro atoms. The number of aromatic nitrogens is 5. The Bertz CT molecular complexity index is 1070. The molecule has 0 aliphatic rings. The minimum atomic E-state index is -0.104. The van der Waals surface area contributed by atoms with Gasteiger partial charge in [-0.15, -0.1) is 0 Å². The van der Waals surface area contributed by atoms with Gasteiger partial charge in [0.15, 0.2) is 5.16 Å². The first-order valence-electron chi connectivity index (χ1n) is 8.75. The van der Waals surface area contributed by atoms with E-state index in [0.29, 0.717) is 45.2 Å². The van der Waals surface area contributed by atoms with E-state index in [4.69, 9.17) is 17.3 Å². The molecule has 0 unspecified atom stereocenters. The van der Waals surface area contributed by atoms with Crippen LogP contribution in [0.2, 0.25) is 5.02 Å². The Labute approximate surface area is 172 Å². The van der Waals surface area contributed by atoms with E-state index in [1.807, 2.05) is 14.1 Å². The molecule has 0 atom stereocenters. The van der Waals surface area contributed by atoms with Crippen molar-refractivity contribution in [3.05, 3.63) is 39.4 Å². The fourth-order valence-corrected chi connectivity index (χ4v) is 3.66. The van der Waals surface area contributed by atoms with Crippen LogP contribution in [0.15, 0.2) is 28.2 Å². The van der Waals surface area contributed by atoms with E-state index in [9.17, 15) is 4.79 Å². The first-order valence-corrected chi connectivity index (χ1v) is 10.1. The van der Waals surface area contributed by atoms with E-state index in [1.165, 1.54) is 11.8 Å². The highest BCUT2D eigenvalue weighted by molar-refractivity contribution is 7.98. The quantitative estimate of drug-likeness (QED) is 0.480. The minimum Gasteiger partial charge on any atom is -0.368 e. The van der Waals surface area contributed by atoms with Gasteiger partial charge in [-0.05, 0) is 24.1 Å². The number of benzene rings is 1. The number of hydrogen-bond acceptors (Lipinski definition) is 8. The average Bonchev–Trinajstić information content (AvgIpc) is 2.62. The predicted molar refractivity (Wildman–Crippen MR) is 114 cm³/mol. The van der Waals surface area contributed by atoms with Crippen molar-refractivity contribution in [1.29, 1.82) is 0 Å². The summed E-state index contributed by atoms with van der Waals surface area (Å²) in [5.74, 6) is 1.88. The number of nitrogen functional groups attached to an aromatic ring is 1. The summed E-state index contributed by atoms with van der Waals surface area (Å²) in [6, 6.07) is 5.15. The SMILES string of the molecule is CC(C)Cn1c(SCc2nc(N)nc(N(C)C)n2)nc2ccc(Cl)cc2c1=O. The van der Waals surface area contributed by atoms with Gasteiger partial charge in [0.05, 0.1) is 16.7 Å². The second kappa shape index (κ2) is 8.32. The van der Waals surface area contributed by atoms with Crippen LogP contribution < -0.4 is 16.2 Å². The molecule has 2 N–H and O–H groups in total. The number of fused-ring (bicyclic) bond motifs is 1. The molecule has 0 aliphatic heterocycles. The summed E-state index contributed by atoms with van der Waals surface area (Å²) in [6.07, 6.45) is 0. The summed E-state index contributed by atoms with van der Waals surface area (Å²) in [5.41, 5.74) is 6.30. The van der Waals surface area contributed by atoms with Crippen LogP contribution in [0, 0.1) is 5.92 Å². The maximum atomic E-state index is 13.0. The minimum absolute atomic E-state index is 0.104. The van der Waals surface area contributed by atoms with E-state index in [0.717, 1.165) is 0 Å². The molecule has 148 valence electrons. The fraction of sp³-hybridized carbons (Fsp3) is 0.389. The summed E-state index contributed by atoms with van der Waals surface area (Å²) in [4.78, 5) is 32.2. The number of nitrogens with two attached hydrogens (primary N) is 1. The Morgan fingerprint density at radius 3 is 2.64 bits per heavy atom. The Morgan fingerprint density at radius 2 is 1.96 bits per heavy atom. The van der Waals surface area contributed by atoms with Gasteiger partial charge in [0.25, 0.3) is 5.56 Å².